The monoisotopic (exact) mass is 369 g/mol. The Bertz CT molecular complexity index is 433. The fraction of sp³-hybridized carbons (Fsp3) is 0.250. The lowest BCUT2D eigenvalue weighted by Crippen LogP contribution is -2.42. The van der Waals surface area contributed by atoms with Crippen LogP contribution < -0.4 is 11.1 Å². The summed E-state index contributed by atoms with van der Waals surface area (Å²) in [7, 11) is 0. The van der Waals surface area contributed by atoms with Gasteiger partial charge >= 0.3 is 0 Å². The van der Waals surface area contributed by atoms with E-state index in [1.165, 1.54) is 11.3 Å². The number of thiophene rings is 1. The second-order valence-corrected chi connectivity index (χ2v) is 6.71. The highest BCUT2D eigenvalue weighted by atomic mass is 79.9. The van der Waals surface area contributed by atoms with Crippen molar-refractivity contribution >= 4 is 54.9 Å². The highest BCUT2D eigenvalue weighted by molar-refractivity contribution is 9.12. The summed E-state index contributed by atoms with van der Waals surface area (Å²) in [6, 6.07) is 1.17. The molecule has 1 aromatic heterocycles. The summed E-state index contributed by atoms with van der Waals surface area (Å²) in [6.07, 6.45) is 0. The van der Waals surface area contributed by atoms with Gasteiger partial charge in [0.05, 0.1) is 19.2 Å². The quantitative estimate of drug-likeness (QED) is 0.329. The van der Waals surface area contributed by atoms with Gasteiger partial charge < -0.3 is 16.3 Å². The average Bonchev–Trinajstić information content (AvgIpc) is 2.56. The number of rotatable bonds is 3. The lowest BCUT2D eigenvalue weighted by molar-refractivity contribution is 0.0948. The number of carbonyl (C=O) groups excluding carboxylic acids is 1. The van der Waals surface area contributed by atoms with Gasteiger partial charge in [0.1, 0.15) is 0 Å². The van der Waals surface area contributed by atoms with Gasteiger partial charge in [-0.15, -0.1) is 11.3 Å². The molecule has 0 aliphatic carbocycles. The summed E-state index contributed by atoms with van der Waals surface area (Å²) in [6.45, 7) is 1.63. The first-order valence-electron chi connectivity index (χ1n) is 4.18. The number of nitrogens with zero attached hydrogens (tertiary/aromatic N) is 1. The summed E-state index contributed by atoms with van der Waals surface area (Å²) in [5.41, 5.74) is 5.86. The van der Waals surface area contributed by atoms with E-state index in [-0.39, 0.29) is 11.7 Å². The molecule has 1 aromatic rings. The minimum atomic E-state index is -0.525. The van der Waals surface area contributed by atoms with Gasteiger partial charge in [0.2, 0.25) is 0 Å². The molecule has 88 valence electrons. The van der Waals surface area contributed by atoms with Gasteiger partial charge in [0.25, 0.3) is 5.91 Å². The van der Waals surface area contributed by atoms with E-state index in [1.54, 1.807) is 13.0 Å². The zero-order valence-electron chi connectivity index (χ0n) is 8.20. The van der Waals surface area contributed by atoms with Crippen molar-refractivity contribution in [1.82, 2.24) is 5.32 Å². The molecule has 0 fully saturated rings. The van der Waals surface area contributed by atoms with Crippen LogP contribution in [0.3, 0.4) is 0 Å². The van der Waals surface area contributed by atoms with Crippen LogP contribution in [-0.2, 0) is 0 Å². The molecule has 0 bridgehead atoms. The first-order chi connectivity index (χ1) is 7.45. The van der Waals surface area contributed by atoms with Crippen LogP contribution in [0.25, 0.3) is 0 Å². The highest BCUT2D eigenvalue weighted by Gasteiger charge is 2.17. The number of hydrogen-bond donors (Lipinski definition) is 3. The minimum absolute atomic E-state index is 0.0428. The molecule has 5 nitrogen and oxygen atoms in total. The topological polar surface area (TPSA) is 87.7 Å². The smallest absolute Gasteiger partial charge is 0.253 e. The van der Waals surface area contributed by atoms with E-state index < -0.39 is 6.04 Å². The molecule has 1 unspecified atom stereocenters. The predicted molar refractivity (Wildman–Crippen MR) is 70.1 cm³/mol. The van der Waals surface area contributed by atoms with Crippen molar-refractivity contribution in [2.24, 2.45) is 10.9 Å². The summed E-state index contributed by atoms with van der Waals surface area (Å²) in [5.74, 6) is -0.327. The average molecular weight is 371 g/mol. The normalized spacial score (nSPS) is 13.6. The Morgan fingerprint density at radius 1 is 1.69 bits per heavy atom. The lowest BCUT2D eigenvalue weighted by atomic mass is 10.2. The molecule has 0 aliphatic rings. The van der Waals surface area contributed by atoms with E-state index in [4.69, 9.17) is 10.9 Å². The number of hydrogen-bond acceptors (Lipinski definition) is 4. The standard InChI is InChI=1S/C8H9Br2N3O2S/c1-3(7(11)13-15)12-8(14)4-2-5(9)16-6(4)10/h2-3,15H,1H3,(H2,11,13)(H,12,14). The van der Waals surface area contributed by atoms with Crippen LogP contribution in [0.2, 0.25) is 0 Å². The predicted octanol–water partition coefficient (Wildman–Crippen LogP) is 2.14. The van der Waals surface area contributed by atoms with Crippen LogP contribution in [0.1, 0.15) is 17.3 Å². The third kappa shape index (κ3) is 3.19. The summed E-state index contributed by atoms with van der Waals surface area (Å²) >= 11 is 7.96. The number of amidine groups is 1. The van der Waals surface area contributed by atoms with Crippen molar-refractivity contribution in [3.05, 3.63) is 19.2 Å². The molecule has 16 heavy (non-hydrogen) atoms. The number of amides is 1. The third-order valence-corrected chi connectivity index (χ3v) is 4.15. The molecule has 0 aromatic carbocycles. The Hall–Kier alpha value is -0.600. The Morgan fingerprint density at radius 3 is 2.75 bits per heavy atom. The fourth-order valence-corrected chi connectivity index (χ4v) is 3.72. The largest absolute Gasteiger partial charge is 0.409 e. The fourth-order valence-electron chi connectivity index (χ4n) is 0.930. The molecule has 0 saturated carbocycles. The Kier molecular flexibility index (Phi) is 4.75. The second-order valence-electron chi connectivity index (χ2n) is 2.96. The minimum Gasteiger partial charge on any atom is -0.409 e. The maximum absolute atomic E-state index is 11.8. The molecule has 1 amide bonds. The van der Waals surface area contributed by atoms with Crippen LogP contribution in [0.5, 0.6) is 0 Å². The Labute approximate surface area is 113 Å². The van der Waals surface area contributed by atoms with Crippen LogP contribution in [0, 0.1) is 0 Å². The zero-order chi connectivity index (χ0) is 12.3. The van der Waals surface area contributed by atoms with Crippen molar-refractivity contribution in [2.45, 2.75) is 13.0 Å². The number of oxime groups is 1. The van der Waals surface area contributed by atoms with Crippen molar-refractivity contribution < 1.29 is 10.0 Å². The molecule has 1 atom stereocenters. The van der Waals surface area contributed by atoms with E-state index in [0.717, 1.165) is 7.57 Å². The molecular weight excluding hydrogens is 362 g/mol. The molecule has 1 heterocycles. The number of halogens is 2. The van der Waals surface area contributed by atoms with E-state index in [2.05, 4.69) is 42.3 Å². The Balaban J connectivity index is 2.77. The molecule has 8 heteroatoms. The second kappa shape index (κ2) is 5.65. The Morgan fingerprint density at radius 2 is 2.31 bits per heavy atom. The van der Waals surface area contributed by atoms with Crippen LogP contribution in [-0.4, -0.2) is 23.0 Å². The lowest BCUT2D eigenvalue weighted by Gasteiger charge is -2.11. The van der Waals surface area contributed by atoms with Gasteiger partial charge in [-0.2, -0.15) is 0 Å². The SMILES string of the molecule is CC(NC(=O)c1cc(Br)sc1Br)/C(N)=N/O. The molecule has 0 aliphatic heterocycles. The first kappa shape index (κ1) is 13.5. The van der Waals surface area contributed by atoms with Crippen LogP contribution >= 0.6 is 43.2 Å². The van der Waals surface area contributed by atoms with Crippen LogP contribution in [0.4, 0.5) is 0 Å². The van der Waals surface area contributed by atoms with Gasteiger partial charge in [-0.25, -0.2) is 0 Å². The highest BCUT2D eigenvalue weighted by Crippen LogP contribution is 2.31. The first-order valence-corrected chi connectivity index (χ1v) is 6.59. The number of carbonyl (C=O) groups is 1. The maximum atomic E-state index is 11.8. The summed E-state index contributed by atoms with van der Waals surface area (Å²) in [4.78, 5) is 11.8. The third-order valence-electron chi connectivity index (χ3n) is 1.81. The van der Waals surface area contributed by atoms with Crippen molar-refractivity contribution in [1.29, 1.82) is 0 Å². The molecule has 4 N–H and O–H groups in total. The summed E-state index contributed by atoms with van der Waals surface area (Å²) < 4.78 is 1.57. The van der Waals surface area contributed by atoms with Gasteiger partial charge in [-0.05, 0) is 44.8 Å². The summed E-state index contributed by atoms with van der Waals surface area (Å²) in [5, 5.41) is 13.9. The van der Waals surface area contributed by atoms with E-state index in [9.17, 15) is 4.79 Å². The van der Waals surface area contributed by atoms with Gasteiger partial charge in [0, 0.05) is 0 Å². The van der Waals surface area contributed by atoms with Crippen molar-refractivity contribution in [3.63, 3.8) is 0 Å². The number of nitrogens with one attached hydrogen (secondary N) is 1. The van der Waals surface area contributed by atoms with Gasteiger partial charge in [-0.1, -0.05) is 5.16 Å². The maximum Gasteiger partial charge on any atom is 0.253 e. The molecular formula is C8H9Br2N3O2S. The number of nitrogens with two attached hydrogens (primary N) is 1. The molecule has 0 saturated heterocycles. The molecule has 0 spiro atoms. The van der Waals surface area contributed by atoms with Crippen molar-refractivity contribution in [3.8, 4) is 0 Å². The van der Waals surface area contributed by atoms with E-state index >= 15 is 0 Å². The van der Waals surface area contributed by atoms with E-state index in [1.807, 2.05) is 0 Å². The molecule has 0 radical (unpaired) electrons. The van der Waals surface area contributed by atoms with Crippen molar-refractivity contribution in [2.75, 3.05) is 0 Å². The van der Waals surface area contributed by atoms with Gasteiger partial charge in [-0.3, -0.25) is 4.79 Å². The van der Waals surface area contributed by atoms with E-state index in [0.29, 0.717) is 5.56 Å². The van der Waals surface area contributed by atoms with Gasteiger partial charge in [0.15, 0.2) is 5.84 Å². The van der Waals surface area contributed by atoms with Crippen LogP contribution in [0.15, 0.2) is 18.8 Å². The molecule has 1 rings (SSSR count). The zero-order valence-corrected chi connectivity index (χ0v) is 12.2.